The summed E-state index contributed by atoms with van der Waals surface area (Å²) in [7, 11) is -1.96. The number of ether oxygens (including phenoxy) is 1. The lowest BCUT2D eigenvalue weighted by atomic mass is 10.0. The molecule has 0 spiro atoms. The summed E-state index contributed by atoms with van der Waals surface area (Å²) in [5, 5.41) is 3.28. The van der Waals surface area contributed by atoms with E-state index in [9.17, 15) is 13.2 Å². The fourth-order valence-corrected chi connectivity index (χ4v) is 3.35. The quantitative estimate of drug-likeness (QED) is 0.752. The molecule has 0 bridgehead atoms. The number of anilines is 1. The van der Waals surface area contributed by atoms with Crippen LogP contribution in [-0.2, 0) is 14.8 Å². The van der Waals surface area contributed by atoms with Crippen LogP contribution in [-0.4, -0.2) is 27.7 Å². The molecule has 1 atom stereocenters. The van der Waals surface area contributed by atoms with Gasteiger partial charge >= 0.3 is 0 Å². The van der Waals surface area contributed by atoms with Gasteiger partial charge < -0.3 is 10.1 Å². The molecule has 0 fully saturated rings. The number of sulfonamides is 1. The van der Waals surface area contributed by atoms with Crippen molar-refractivity contribution in [1.29, 1.82) is 0 Å². The zero-order valence-corrected chi connectivity index (χ0v) is 16.3. The van der Waals surface area contributed by atoms with E-state index < -0.39 is 16.1 Å². The molecule has 2 aromatic carbocycles. The number of hydrogen-bond acceptors (Lipinski definition) is 4. The van der Waals surface area contributed by atoms with E-state index >= 15 is 0 Å². The fraction of sp³-hybridized carbons (Fsp3) is 0.278. The summed E-state index contributed by atoms with van der Waals surface area (Å²) in [6.45, 7) is 1.85. The Morgan fingerprint density at radius 1 is 1.19 bits per heavy atom. The molecule has 0 aliphatic carbocycles. The minimum absolute atomic E-state index is 0.0641. The Balaban J connectivity index is 2.19. The molecule has 2 aromatic rings. The van der Waals surface area contributed by atoms with Crippen LogP contribution in [0.4, 0.5) is 5.69 Å². The number of halogens is 1. The molecule has 1 amide bonds. The van der Waals surface area contributed by atoms with Crippen molar-refractivity contribution >= 4 is 33.2 Å². The molecule has 8 heteroatoms. The topological polar surface area (TPSA) is 84.5 Å². The summed E-state index contributed by atoms with van der Waals surface area (Å²) in [6.07, 6.45) is 0.994. The lowest BCUT2D eigenvalue weighted by Crippen LogP contribution is -2.30. The highest BCUT2D eigenvalue weighted by Gasteiger charge is 2.20. The van der Waals surface area contributed by atoms with Crippen molar-refractivity contribution < 1.29 is 17.9 Å². The van der Waals surface area contributed by atoms with Crippen LogP contribution in [0.15, 0.2) is 42.5 Å². The SMILES string of the molecule is COc1ccc(C(CC(=O)Nc2cc(Cl)ccc2C)NS(C)(=O)=O)cc1. The maximum atomic E-state index is 12.5. The third kappa shape index (κ3) is 6.01. The summed E-state index contributed by atoms with van der Waals surface area (Å²) in [4.78, 5) is 12.5. The highest BCUT2D eigenvalue weighted by Crippen LogP contribution is 2.24. The van der Waals surface area contributed by atoms with E-state index in [-0.39, 0.29) is 12.3 Å². The van der Waals surface area contributed by atoms with Gasteiger partial charge in [0.25, 0.3) is 0 Å². The van der Waals surface area contributed by atoms with Crippen molar-refractivity contribution in [2.24, 2.45) is 0 Å². The van der Waals surface area contributed by atoms with E-state index in [2.05, 4.69) is 10.0 Å². The normalized spacial score (nSPS) is 12.5. The lowest BCUT2D eigenvalue weighted by Gasteiger charge is -2.18. The third-order valence-corrected chi connectivity index (χ3v) is 4.69. The van der Waals surface area contributed by atoms with Crippen LogP contribution in [0, 0.1) is 6.92 Å². The molecule has 0 aliphatic heterocycles. The van der Waals surface area contributed by atoms with E-state index in [1.165, 1.54) is 0 Å². The first kappa shape index (κ1) is 20.2. The number of nitrogens with one attached hydrogen (secondary N) is 2. The molecule has 2 rings (SSSR count). The van der Waals surface area contributed by atoms with Crippen molar-refractivity contribution in [3.8, 4) is 5.75 Å². The highest BCUT2D eigenvalue weighted by molar-refractivity contribution is 7.88. The molecule has 0 saturated carbocycles. The molecule has 1 unspecified atom stereocenters. The van der Waals surface area contributed by atoms with Crippen molar-refractivity contribution in [3.05, 3.63) is 58.6 Å². The Labute approximate surface area is 158 Å². The number of benzene rings is 2. The molecule has 0 aromatic heterocycles. The Kier molecular flexibility index (Phi) is 6.63. The summed E-state index contributed by atoms with van der Waals surface area (Å²) in [6, 6.07) is 11.4. The van der Waals surface area contributed by atoms with Crippen LogP contribution in [0.5, 0.6) is 5.75 Å². The van der Waals surface area contributed by atoms with Gasteiger partial charge in [-0.25, -0.2) is 13.1 Å². The van der Waals surface area contributed by atoms with Gasteiger partial charge in [-0.05, 0) is 42.3 Å². The zero-order valence-electron chi connectivity index (χ0n) is 14.7. The second-order valence-electron chi connectivity index (χ2n) is 5.93. The van der Waals surface area contributed by atoms with Gasteiger partial charge in [-0.2, -0.15) is 0 Å². The first-order valence-corrected chi connectivity index (χ1v) is 10.1. The van der Waals surface area contributed by atoms with Crippen LogP contribution in [0.25, 0.3) is 0 Å². The van der Waals surface area contributed by atoms with Crippen molar-refractivity contribution in [2.75, 3.05) is 18.7 Å². The summed E-state index contributed by atoms with van der Waals surface area (Å²) < 4.78 is 31.0. The second-order valence-corrected chi connectivity index (χ2v) is 8.14. The number of carbonyl (C=O) groups is 1. The van der Waals surface area contributed by atoms with E-state index in [4.69, 9.17) is 16.3 Å². The zero-order chi connectivity index (χ0) is 19.3. The monoisotopic (exact) mass is 396 g/mol. The van der Waals surface area contributed by atoms with Crippen LogP contribution in [0.1, 0.15) is 23.6 Å². The third-order valence-electron chi connectivity index (χ3n) is 3.74. The number of carbonyl (C=O) groups excluding carboxylic acids is 1. The molecular weight excluding hydrogens is 376 g/mol. The molecular formula is C18H21ClN2O4S. The first-order valence-electron chi connectivity index (χ1n) is 7.85. The van der Waals surface area contributed by atoms with E-state index in [0.717, 1.165) is 11.8 Å². The van der Waals surface area contributed by atoms with Gasteiger partial charge in [-0.1, -0.05) is 29.8 Å². The number of amides is 1. The number of hydrogen-bond donors (Lipinski definition) is 2. The van der Waals surface area contributed by atoms with Gasteiger partial charge in [-0.15, -0.1) is 0 Å². The first-order chi connectivity index (χ1) is 12.2. The van der Waals surface area contributed by atoms with E-state index in [1.54, 1.807) is 49.6 Å². The molecule has 0 heterocycles. The fourth-order valence-electron chi connectivity index (χ4n) is 2.44. The number of methoxy groups -OCH3 is 1. The minimum atomic E-state index is -3.50. The van der Waals surface area contributed by atoms with E-state index in [1.807, 2.05) is 6.92 Å². The highest BCUT2D eigenvalue weighted by atomic mass is 35.5. The average molecular weight is 397 g/mol. The summed E-state index contributed by atoms with van der Waals surface area (Å²) in [5.74, 6) is 0.318. The van der Waals surface area contributed by atoms with Crippen LogP contribution in [0.2, 0.25) is 5.02 Å². The second kappa shape index (κ2) is 8.53. The lowest BCUT2D eigenvalue weighted by molar-refractivity contribution is -0.116. The van der Waals surface area contributed by atoms with Gasteiger partial charge in [-0.3, -0.25) is 4.79 Å². The molecule has 2 N–H and O–H groups in total. The maximum Gasteiger partial charge on any atom is 0.226 e. The van der Waals surface area contributed by atoms with Crippen LogP contribution >= 0.6 is 11.6 Å². The Bertz CT molecular complexity index is 883. The molecule has 140 valence electrons. The van der Waals surface area contributed by atoms with Crippen LogP contribution in [0.3, 0.4) is 0 Å². The predicted molar refractivity (Wildman–Crippen MR) is 103 cm³/mol. The summed E-state index contributed by atoms with van der Waals surface area (Å²) in [5.41, 5.74) is 2.12. The number of aryl methyl sites for hydroxylation is 1. The van der Waals surface area contributed by atoms with Gasteiger partial charge in [0, 0.05) is 17.1 Å². The smallest absolute Gasteiger partial charge is 0.226 e. The van der Waals surface area contributed by atoms with Crippen molar-refractivity contribution in [3.63, 3.8) is 0 Å². The standard InChI is InChI=1S/C18H21ClN2O4S/c1-12-4-7-14(19)10-16(12)20-18(22)11-17(21-26(3,23)24)13-5-8-15(25-2)9-6-13/h4-10,17,21H,11H2,1-3H3,(H,20,22). The van der Waals surface area contributed by atoms with Crippen molar-refractivity contribution in [1.82, 2.24) is 4.72 Å². The van der Waals surface area contributed by atoms with Gasteiger partial charge in [0.15, 0.2) is 0 Å². The largest absolute Gasteiger partial charge is 0.497 e. The van der Waals surface area contributed by atoms with Crippen molar-refractivity contribution in [2.45, 2.75) is 19.4 Å². The van der Waals surface area contributed by atoms with Gasteiger partial charge in [0.2, 0.25) is 15.9 Å². The molecule has 26 heavy (non-hydrogen) atoms. The molecule has 0 aliphatic rings. The number of rotatable bonds is 7. The Hall–Kier alpha value is -2.09. The summed E-state index contributed by atoms with van der Waals surface area (Å²) >= 11 is 5.96. The Morgan fingerprint density at radius 2 is 1.85 bits per heavy atom. The molecule has 0 saturated heterocycles. The average Bonchev–Trinajstić information content (AvgIpc) is 2.56. The molecule has 0 radical (unpaired) electrons. The van der Waals surface area contributed by atoms with Gasteiger partial charge in [0.05, 0.1) is 19.4 Å². The predicted octanol–water partition coefficient (Wildman–Crippen LogP) is 3.28. The van der Waals surface area contributed by atoms with Gasteiger partial charge in [0.1, 0.15) is 5.75 Å². The Morgan fingerprint density at radius 3 is 2.42 bits per heavy atom. The van der Waals surface area contributed by atoms with E-state index in [0.29, 0.717) is 22.0 Å². The van der Waals surface area contributed by atoms with Crippen LogP contribution < -0.4 is 14.8 Å². The minimum Gasteiger partial charge on any atom is -0.497 e. The maximum absolute atomic E-state index is 12.5. The molecule has 6 nitrogen and oxygen atoms in total.